The summed E-state index contributed by atoms with van der Waals surface area (Å²) in [5.74, 6) is 1.32. The van der Waals surface area contributed by atoms with Gasteiger partial charge in [-0.1, -0.05) is 11.6 Å². The van der Waals surface area contributed by atoms with E-state index >= 15 is 0 Å². The van der Waals surface area contributed by atoms with Gasteiger partial charge in [-0.25, -0.2) is 9.97 Å². The zero-order valence-corrected chi connectivity index (χ0v) is 9.28. The molecule has 17 heavy (non-hydrogen) atoms. The molecule has 0 bridgehead atoms. The molecule has 1 fully saturated rings. The Balaban J connectivity index is 1.88. The van der Waals surface area contributed by atoms with Crippen LogP contribution in [0.15, 0.2) is 23.1 Å². The van der Waals surface area contributed by atoms with Crippen molar-refractivity contribution in [1.29, 1.82) is 0 Å². The van der Waals surface area contributed by atoms with Crippen molar-refractivity contribution in [2.45, 2.75) is 31.2 Å². The molecule has 0 aliphatic heterocycles. The van der Waals surface area contributed by atoms with Gasteiger partial charge in [-0.15, -0.1) is 0 Å². The maximum absolute atomic E-state index is 6.01. The third kappa shape index (κ3) is 1.91. The third-order valence-corrected chi connectivity index (χ3v) is 3.14. The maximum atomic E-state index is 6.01. The summed E-state index contributed by atoms with van der Waals surface area (Å²) >= 11 is 0. The fourth-order valence-electron chi connectivity index (χ4n) is 2.21. The number of nitrogens with two attached hydrogens (primary N) is 1. The van der Waals surface area contributed by atoms with E-state index in [0.717, 1.165) is 19.3 Å². The first-order chi connectivity index (χ1) is 8.34. The summed E-state index contributed by atoms with van der Waals surface area (Å²) < 4.78 is 5.27. The van der Waals surface area contributed by atoms with Crippen molar-refractivity contribution in [3.05, 3.63) is 24.5 Å². The Morgan fingerprint density at radius 3 is 3.00 bits per heavy atom. The van der Waals surface area contributed by atoms with Gasteiger partial charge in [-0.2, -0.15) is 4.98 Å². The molecule has 88 valence electrons. The van der Waals surface area contributed by atoms with E-state index in [0.29, 0.717) is 17.4 Å². The fraction of sp³-hybridized carbons (Fsp3) is 0.455. The molecule has 2 aromatic heterocycles. The van der Waals surface area contributed by atoms with E-state index in [9.17, 15) is 0 Å². The molecular formula is C11H13N5O. The number of aromatic nitrogens is 4. The zero-order valence-electron chi connectivity index (χ0n) is 9.28. The van der Waals surface area contributed by atoms with Crippen LogP contribution in [0.4, 0.5) is 0 Å². The lowest BCUT2D eigenvalue weighted by Gasteiger charge is -2.08. The Hall–Kier alpha value is -1.82. The molecule has 1 saturated carbocycles. The van der Waals surface area contributed by atoms with Crippen molar-refractivity contribution >= 4 is 0 Å². The van der Waals surface area contributed by atoms with Gasteiger partial charge in [0.05, 0.1) is 5.92 Å². The predicted molar refractivity (Wildman–Crippen MR) is 59.9 cm³/mol. The van der Waals surface area contributed by atoms with Crippen molar-refractivity contribution in [3.63, 3.8) is 0 Å². The first kappa shape index (κ1) is 10.3. The van der Waals surface area contributed by atoms with Crippen LogP contribution in [0.5, 0.6) is 0 Å². The van der Waals surface area contributed by atoms with Gasteiger partial charge in [-0.3, -0.25) is 0 Å². The minimum atomic E-state index is 0.133. The molecule has 2 unspecified atom stereocenters. The first-order valence-electron chi connectivity index (χ1n) is 5.70. The summed E-state index contributed by atoms with van der Waals surface area (Å²) in [5, 5.41) is 3.93. The Morgan fingerprint density at radius 1 is 1.35 bits per heavy atom. The molecule has 3 rings (SSSR count). The van der Waals surface area contributed by atoms with Crippen LogP contribution >= 0.6 is 0 Å². The number of nitrogens with zero attached hydrogens (tertiary/aromatic N) is 4. The summed E-state index contributed by atoms with van der Waals surface area (Å²) in [6.45, 7) is 0. The molecule has 0 radical (unpaired) electrons. The van der Waals surface area contributed by atoms with Gasteiger partial charge in [-0.05, 0) is 18.9 Å². The minimum Gasteiger partial charge on any atom is -0.339 e. The van der Waals surface area contributed by atoms with Gasteiger partial charge >= 0.3 is 0 Å². The average molecular weight is 231 g/mol. The van der Waals surface area contributed by atoms with Crippen molar-refractivity contribution < 1.29 is 4.52 Å². The Bertz CT molecular complexity index is 498. The topological polar surface area (TPSA) is 90.7 Å². The van der Waals surface area contributed by atoms with Crippen molar-refractivity contribution in [1.82, 2.24) is 20.1 Å². The summed E-state index contributed by atoms with van der Waals surface area (Å²) in [7, 11) is 0. The lowest BCUT2D eigenvalue weighted by molar-refractivity contribution is 0.345. The Kier molecular flexibility index (Phi) is 2.56. The van der Waals surface area contributed by atoms with Gasteiger partial charge < -0.3 is 10.3 Å². The molecule has 6 nitrogen and oxygen atoms in total. The van der Waals surface area contributed by atoms with Crippen LogP contribution in [0.1, 0.15) is 31.1 Å². The molecule has 2 atom stereocenters. The summed E-state index contributed by atoms with van der Waals surface area (Å²) in [6, 6.07) is 1.89. The van der Waals surface area contributed by atoms with E-state index in [4.69, 9.17) is 10.3 Å². The second-order valence-electron chi connectivity index (χ2n) is 4.25. The van der Waals surface area contributed by atoms with Gasteiger partial charge in [0.1, 0.15) is 12.0 Å². The molecule has 0 aromatic carbocycles. The second-order valence-corrected chi connectivity index (χ2v) is 4.25. The highest BCUT2D eigenvalue weighted by Gasteiger charge is 2.30. The molecule has 0 amide bonds. The molecule has 1 aliphatic carbocycles. The fourth-order valence-corrected chi connectivity index (χ4v) is 2.21. The standard InChI is InChI=1S/C11H13N5O/c12-8-3-1-2-7(8)11-15-10(16-17-11)9-4-5-13-6-14-9/h4-8H,1-3,12H2. The summed E-state index contributed by atoms with van der Waals surface area (Å²) in [6.07, 6.45) is 6.28. The average Bonchev–Trinajstić information content (AvgIpc) is 2.98. The molecule has 1 aliphatic rings. The normalized spacial score (nSPS) is 24.1. The van der Waals surface area contributed by atoms with Crippen molar-refractivity contribution in [2.24, 2.45) is 5.73 Å². The van der Waals surface area contributed by atoms with Crippen LogP contribution < -0.4 is 5.73 Å². The molecular weight excluding hydrogens is 218 g/mol. The monoisotopic (exact) mass is 231 g/mol. The van der Waals surface area contributed by atoms with Gasteiger partial charge in [0.2, 0.25) is 11.7 Å². The van der Waals surface area contributed by atoms with Crippen LogP contribution in [0.2, 0.25) is 0 Å². The highest BCUT2D eigenvalue weighted by Crippen LogP contribution is 2.32. The first-order valence-corrected chi connectivity index (χ1v) is 5.70. The second kappa shape index (κ2) is 4.21. The van der Waals surface area contributed by atoms with Crippen LogP contribution in [-0.4, -0.2) is 26.2 Å². The lowest BCUT2D eigenvalue weighted by Crippen LogP contribution is -2.22. The molecule has 0 spiro atoms. The minimum absolute atomic E-state index is 0.133. The van der Waals surface area contributed by atoms with E-state index in [1.807, 2.05) is 0 Å². The van der Waals surface area contributed by atoms with E-state index in [2.05, 4.69) is 20.1 Å². The van der Waals surface area contributed by atoms with Gasteiger partial charge in [0, 0.05) is 12.2 Å². The zero-order chi connectivity index (χ0) is 11.7. The lowest BCUT2D eigenvalue weighted by atomic mass is 10.1. The number of hydrogen-bond donors (Lipinski definition) is 1. The van der Waals surface area contributed by atoms with Crippen LogP contribution in [-0.2, 0) is 0 Å². The van der Waals surface area contributed by atoms with Crippen LogP contribution in [0.3, 0.4) is 0 Å². The third-order valence-electron chi connectivity index (χ3n) is 3.14. The van der Waals surface area contributed by atoms with E-state index in [-0.39, 0.29) is 12.0 Å². The van der Waals surface area contributed by atoms with Crippen LogP contribution in [0, 0.1) is 0 Å². The quantitative estimate of drug-likeness (QED) is 0.832. The maximum Gasteiger partial charge on any atom is 0.231 e. The highest BCUT2D eigenvalue weighted by atomic mass is 16.5. The largest absolute Gasteiger partial charge is 0.339 e. The highest BCUT2D eigenvalue weighted by molar-refractivity contribution is 5.46. The Labute approximate surface area is 98.3 Å². The van der Waals surface area contributed by atoms with Crippen molar-refractivity contribution in [3.8, 4) is 11.5 Å². The molecule has 2 aromatic rings. The summed E-state index contributed by atoms with van der Waals surface area (Å²) in [4.78, 5) is 12.3. The molecule has 2 N–H and O–H groups in total. The molecule has 6 heteroatoms. The number of hydrogen-bond acceptors (Lipinski definition) is 6. The number of rotatable bonds is 2. The van der Waals surface area contributed by atoms with Gasteiger partial charge in [0.25, 0.3) is 0 Å². The predicted octanol–water partition coefficient (Wildman–Crippen LogP) is 1.12. The molecule has 2 heterocycles. The van der Waals surface area contributed by atoms with Crippen molar-refractivity contribution in [2.75, 3.05) is 0 Å². The van der Waals surface area contributed by atoms with Gasteiger partial charge in [0.15, 0.2) is 0 Å². The van der Waals surface area contributed by atoms with Crippen LogP contribution in [0.25, 0.3) is 11.5 Å². The van der Waals surface area contributed by atoms with E-state index < -0.39 is 0 Å². The van der Waals surface area contributed by atoms with E-state index in [1.165, 1.54) is 6.33 Å². The summed E-state index contributed by atoms with van der Waals surface area (Å²) in [5.41, 5.74) is 6.67. The molecule has 0 saturated heterocycles. The smallest absolute Gasteiger partial charge is 0.231 e. The Morgan fingerprint density at radius 2 is 2.29 bits per heavy atom. The van der Waals surface area contributed by atoms with E-state index in [1.54, 1.807) is 12.3 Å². The SMILES string of the molecule is NC1CCCC1c1nc(-c2ccncn2)no1.